The van der Waals surface area contributed by atoms with Gasteiger partial charge < -0.3 is 0 Å². The molecule has 1 aromatic heterocycles. The van der Waals surface area contributed by atoms with E-state index in [9.17, 15) is 13.2 Å². The van der Waals surface area contributed by atoms with E-state index in [4.69, 9.17) is 5.84 Å². The molecule has 2 aromatic rings. The van der Waals surface area contributed by atoms with Gasteiger partial charge in [-0.25, -0.2) is 0 Å². The van der Waals surface area contributed by atoms with Crippen LogP contribution in [0.4, 0.5) is 13.2 Å². The molecule has 6 heteroatoms. The third kappa shape index (κ3) is 3.42. The number of nitrogens with two attached hydrogens (primary N) is 1. The molecule has 102 valence electrons. The van der Waals surface area contributed by atoms with Gasteiger partial charge in [0.2, 0.25) is 0 Å². The average molecular weight is 269 g/mol. The first kappa shape index (κ1) is 13.8. The Morgan fingerprint density at radius 1 is 1.21 bits per heavy atom. The largest absolute Gasteiger partial charge is 0.389 e. The van der Waals surface area contributed by atoms with Crippen molar-refractivity contribution in [2.24, 2.45) is 5.84 Å². The summed E-state index contributed by atoms with van der Waals surface area (Å²) in [6.07, 6.45) is -3.65. The molecule has 19 heavy (non-hydrogen) atoms. The van der Waals surface area contributed by atoms with Crippen molar-refractivity contribution < 1.29 is 13.2 Å². The van der Waals surface area contributed by atoms with Gasteiger partial charge >= 0.3 is 6.18 Å². The zero-order valence-electron chi connectivity index (χ0n) is 10.1. The number of rotatable bonds is 4. The maximum Gasteiger partial charge on any atom is 0.389 e. The van der Waals surface area contributed by atoms with E-state index >= 15 is 0 Å². The van der Waals surface area contributed by atoms with Gasteiger partial charge in [-0.3, -0.25) is 16.3 Å². The van der Waals surface area contributed by atoms with Gasteiger partial charge in [0, 0.05) is 18.0 Å². The van der Waals surface area contributed by atoms with Crippen molar-refractivity contribution in [3.8, 4) is 0 Å². The summed E-state index contributed by atoms with van der Waals surface area (Å²) < 4.78 is 36.9. The Bertz CT molecular complexity index is 549. The molecule has 1 atom stereocenters. The third-order valence-electron chi connectivity index (χ3n) is 2.95. The summed E-state index contributed by atoms with van der Waals surface area (Å²) in [5.41, 5.74) is 2.97. The van der Waals surface area contributed by atoms with Gasteiger partial charge in [0.1, 0.15) is 0 Å². The van der Waals surface area contributed by atoms with Crippen molar-refractivity contribution in [3.63, 3.8) is 0 Å². The number of alkyl halides is 3. The Morgan fingerprint density at radius 2 is 1.95 bits per heavy atom. The van der Waals surface area contributed by atoms with E-state index in [1.54, 1.807) is 6.20 Å². The van der Waals surface area contributed by atoms with Crippen LogP contribution in [0.25, 0.3) is 10.8 Å². The fourth-order valence-electron chi connectivity index (χ4n) is 2.03. The molecule has 0 aliphatic rings. The number of aromatic nitrogens is 1. The van der Waals surface area contributed by atoms with Crippen molar-refractivity contribution in [1.29, 1.82) is 0 Å². The number of nitrogens with zero attached hydrogens (tertiary/aromatic N) is 1. The molecule has 0 radical (unpaired) electrons. The molecule has 0 aliphatic carbocycles. The lowest BCUT2D eigenvalue weighted by molar-refractivity contribution is -0.136. The van der Waals surface area contributed by atoms with Crippen LogP contribution >= 0.6 is 0 Å². The number of fused-ring (bicyclic) bond motifs is 1. The van der Waals surface area contributed by atoms with Crippen molar-refractivity contribution >= 4 is 10.8 Å². The van der Waals surface area contributed by atoms with E-state index in [0.29, 0.717) is 5.69 Å². The first-order chi connectivity index (χ1) is 9.01. The van der Waals surface area contributed by atoms with E-state index in [-0.39, 0.29) is 6.42 Å². The van der Waals surface area contributed by atoms with Crippen LogP contribution in [0.3, 0.4) is 0 Å². The molecule has 3 N–H and O–H groups in total. The SMILES string of the molecule is NNC(CCC(F)(F)F)c1nccc2ccccc12. The van der Waals surface area contributed by atoms with Crippen molar-refractivity contribution in [2.45, 2.75) is 25.1 Å². The molecule has 2 rings (SSSR count). The highest BCUT2D eigenvalue weighted by Crippen LogP contribution is 2.29. The predicted octanol–water partition coefficient (Wildman–Crippen LogP) is 3.08. The fraction of sp³-hybridized carbons (Fsp3) is 0.308. The highest BCUT2D eigenvalue weighted by molar-refractivity contribution is 5.84. The third-order valence-corrected chi connectivity index (χ3v) is 2.95. The zero-order valence-corrected chi connectivity index (χ0v) is 10.1. The first-order valence-electron chi connectivity index (χ1n) is 5.88. The van der Waals surface area contributed by atoms with Gasteiger partial charge in [-0.15, -0.1) is 0 Å². The molecule has 1 heterocycles. The number of hydrogen-bond donors (Lipinski definition) is 2. The van der Waals surface area contributed by atoms with Crippen LogP contribution in [-0.4, -0.2) is 11.2 Å². The van der Waals surface area contributed by atoms with Gasteiger partial charge in [0.15, 0.2) is 0 Å². The normalized spacial score (nSPS) is 13.7. The first-order valence-corrected chi connectivity index (χ1v) is 5.88. The quantitative estimate of drug-likeness (QED) is 0.662. The Kier molecular flexibility index (Phi) is 4.01. The van der Waals surface area contributed by atoms with Gasteiger partial charge in [-0.2, -0.15) is 13.2 Å². The van der Waals surface area contributed by atoms with Crippen LogP contribution < -0.4 is 11.3 Å². The van der Waals surface area contributed by atoms with Crippen molar-refractivity contribution in [1.82, 2.24) is 10.4 Å². The molecule has 0 aliphatic heterocycles. The lowest BCUT2D eigenvalue weighted by Gasteiger charge is -2.18. The second kappa shape index (κ2) is 5.54. The molecule has 3 nitrogen and oxygen atoms in total. The van der Waals surface area contributed by atoms with E-state index in [1.807, 2.05) is 30.3 Å². The van der Waals surface area contributed by atoms with Crippen LogP contribution in [-0.2, 0) is 0 Å². The summed E-state index contributed by atoms with van der Waals surface area (Å²) in [6, 6.07) is 8.61. The molecular weight excluding hydrogens is 255 g/mol. The van der Waals surface area contributed by atoms with Crippen LogP contribution in [0, 0.1) is 0 Å². The van der Waals surface area contributed by atoms with Crippen LogP contribution in [0.15, 0.2) is 36.5 Å². The van der Waals surface area contributed by atoms with E-state index in [2.05, 4.69) is 10.4 Å². The summed E-state index contributed by atoms with van der Waals surface area (Å²) >= 11 is 0. The van der Waals surface area contributed by atoms with Gasteiger partial charge in [0.05, 0.1) is 11.7 Å². The minimum absolute atomic E-state index is 0.138. The smallest absolute Gasteiger partial charge is 0.271 e. The summed E-state index contributed by atoms with van der Waals surface area (Å²) in [5.74, 6) is 5.37. The average Bonchev–Trinajstić information content (AvgIpc) is 2.38. The van der Waals surface area contributed by atoms with Crippen LogP contribution in [0.5, 0.6) is 0 Å². The summed E-state index contributed by atoms with van der Waals surface area (Å²) in [7, 11) is 0. The highest BCUT2D eigenvalue weighted by Gasteiger charge is 2.29. The highest BCUT2D eigenvalue weighted by atomic mass is 19.4. The Morgan fingerprint density at radius 3 is 2.63 bits per heavy atom. The maximum absolute atomic E-state index is 12.3. The number of pyridine rings is 1. The molecule has 0 saturated carbocycles. The molecule has 0 saturated heterocycles. The number of nitrogens with one attached hydrogen (secondary N) is 1. The molecule has 0 spiro atoms. The Hall–Kier alpha value is -1.66. The van der Waals surface area contributed by atoms with Crippen LogP contribution in [0.1, 0.15) is 24.6 Å². The molecule has 0 bridgehead atoms. The Balaban J connectivity index is 2.30. The number of halogens is 3. The molecule has 0 fully saturated rings. The number of hydrogen-bond acceptors (Lipinski definition) is 3. The number of benzene rings is 1. The van der Waals surface area contributed by atoms with E-state index < -0.39 is 18.6 Å². The monoisotopic (exact) mass is 269 g/mol. The fourth-order valence-corrected chi connectivity index (χ4v) is 2.03. The number of hydrazine groups is 1. The maximum atomic E-state index is 12.3. The minimum Gasteiger partial charge on any atom is -0.271 e. The van der Waals surface area contributed by atoms with Gasteiger partial charge in [0.25, 0.3) is 0 Å². The van der Waals surface area contributed by atoms with Crippen LogP contribution in [0.2, 0.25) is 0 Å². The second-order valence-corrected chi connectivity index (χ2v) is 4.29. The summed E-state index contributed by atoms with van der Waals surface area (Å²) in [5, 5.41) is 1.75. The van der Waals surface area contributed by atoms with Gasteiger partial charge in [-0.1, -0.05) is 24.3 Å². The van der Waals surface area contributed by atoms with E-state index in [1.165, 1.54) is 0 Å². The van der Waals surface area contributed by atoms with E-state index in [0.717, 1.165) is 10.8 Å². The standard InChI is InChI=1S/C13H14F3N3/c14-13(15,16)7-5-11(19-17)12-10-4-2-1-3-9(10)6-8-18-12/h1-4,6,8,11,19H,5,7,17H2. The second-order valence-electron chi connectivity index (χ2n) is 4.29. The van der Waals surface area contributed by atoms with Gasteiger partial charge in [-0.05, 0) is 17.9 Å². The zero-order chi connectivity index (χ0) is 13.9. The summed E-state index contributed by atoms with van der Waals surface area (Å²) in [6.45, 7) is 0. The summed E-state index contributed by atoms with van der Waals surface area (Å²) in [4.78, 5) is 4.17. The Labute approximate surface area is 108 Å². The van der Waals surface area contributed by atoms with Crippen molar-refractivity contribution in [3.05, 3.63) is 42.2 Å². The molecule has 1 aromatic carbocycles. The minimum atomic E-state index is -4.19. The lowest BCUT2D eigenvalue weighted by atomic mass is 10.0. The molecule has 0 amide bonds. The van der Waals surface area contributed by atoms with Crippen molar-refractivity contribution in [2.75, 3.05) is 0 Å². The molecular formula is C13H14F3N3. The lowest BCUT2D eigenvalue weighted by Crippen LogP contribution is -2.30. The topological polar surface area (TPSA) is 50.9 Å². The predicted molar refractivity (Wildman–Crippen MR) is 67.1 cm³/mol. The molecule has 1 unspecified atom stereocenters.